The molecule has 6 heteroatoms. The van der Waals surface area contributed by atoms with E-state index in [1.807, 2.05) is 13.1 Å². The van der Waals surface area contributed by atoms with E-state index in [0.717, 1.165) is 42.8 Å². The van der Waals surface area contributed by atoms with Crippen LogP contribution >= 0.6 is 0 Å². The highest BCUT2D eigenvalue weighted by Gasteiger charge is 2.21. The zero-order chi connectivity index (χ0) is 18.4. The Balaban J connectivity index is 1.73. The quantitative estimate of drug-likeness (QED) is 0.500. The number of nitrogens with one attached hydrogen (secondary N) is 1. The highest BCUT2D eigenvalue weighted by molar-refractivity contribution is 5.84. The van der Waals surface area contributed by atoms with Gasteiger partial charge in [0.1, 0.15) is 17.3 Å². The second-order valence-corrected chi connectivity index (χ2v) is 7.11. The molecule has 136 valence electrons. The third-order valence-corrected chi connectivity index (χ3v) is 5.30. The van der Waals surface area contributed by atoms with Gasteiger partial charge in [-0.3, -0.25) is 0 Å². The average Bonchev–Trinajstić information content (AvgIpc) is 2.74. The number of benzene rings is 1. The van der Waals surface area contributed by atoms with Crippen LogP contribution in [0.15, 0.2) is 24.3 Å². The molecule has 26 heavy (non-hydrogen) atoms. The number of nitrogens with zero attached hydrogens (tertiary/aromatic N) is 2. The van der Waals surface area contributed by atoms with E-state index in [0.29, 0.717) is 17.8 Å². The summed E-state index contributed by atoms with van der Waals surface area (Å²) in [5.41, 5.74) is 3.32. The molecular weight excluding hydrogens is 339 g/mol. The summed E-state index contributed by atoms with van der Waals surface area (Å²) in [5, 5.41) is 3.86. The third-order valence-electron chi connectivity index (χ3n) is 5.30. The number of rotatable bonds is 2. The SMILES string of the molecule is CC1CCc2c(n(C)c3nc(Nc4cc(F)c(F)cc4F)ccc23)CC1. The van der Waals surface area contributed by atoms with E-state index in [9.17, 15) is 13.2 Å². The molecule has 0 bridgehead atoms. The lowest BCUT2D eigenvalue weighted by Crippen LogP contribution is -2.02. The van der Waals surface area contributed by atoms with Crippen LogP contribution in [0.25, 0.3) is 11.0 Å². The zero-order valence-corrected chi connectivity index (χ0v) is 14.7. The summed E-state index contributed by atoms with van der Waals surface area (Å²) in [6.45, 7) is 2.28. The van der Waals surface area contributed by atoms with Crippen molar-refractivity contribution in [2.45, 2.75) is 32.6 Å². The highest BCUT2D eigenvalue weighted by atomic mass is 19.2. The van der Waals surface area contributed by atoms with Crippen LogP contribution in [0.2, 0.25) is 0 Å². The fourth-order valence-electron chi connectivity index (χ4n) is 3.77. The fraction of sp³-hybridized carbons (Fsp3) is 0.350. The predicted molar refractivity (Wildman–Crippen MR) is 96.1 cm³/mol. The van der Waals surface area contributed by atoms with Crippen LogP contribution in [0.4, 0.5) is 24.7 Å². The van der Waals surface area contributed by atoms with Crippen molar-refractivity contribution in [1.82, 2.24) is 9.55 Å². The zero-order valence-electron chi connectivity index (χ0n) is 14.7. The third kappa shape index (κ3) is 2.83. The number of halogens is 3. The summed E-state index contributed by atoms with van der Waals surface area (Å²) in [6.07, 6.45) is 4.36. The van der Waals surface area contributed by atoms with Crippen molar-refractivity contribution < 1.29 is 13.2 Å². The molecular formula is C20H20F3N3. The molecule has 0 fully saturated rings. The molecule has 1 unspecified atom stereocenters. The summed E-state index contributed by atoms with van der Waals surface area (Å²) >= 11 is 0. The van der Waals surface area contributed by atoms with Crippen LogP contribution in [0.3, 0.4) is 0 Å². The monoisotopic (exact) mass is 359 g/mol. The van der Waals surface area contributed by atoms with Crippen LogP contribution in [0.5, 0.6) is 0 Å². The van der Waals surface area contributed by atoms with Crippen LogP contribution in [-0.2, 0) is 19.9 Å². The molecule has 2 heterocycles. The molecule has 0 amide bonds. The number of aromatic nitrogens is 2. The Kier molecular flexibility index (Phi) is 4.13. The van der Waals surface area contributed by atoms with E-state index in [1.165, 1.54) is 11.3 Å². The van der Waals surface area contributed by atoms with Crippen molar-refractivity contribution in [2.75, 3.05) is 5.32 Å². The molecule has 4 rings (SSSR count). The summed E-state index contributed by atoms with van der Waals surface area (Å²) in [7, 11) is 1.99. The molecule has 0 spiro atoms. The molecule has 1 aliphatic carbocycles. The number of aryl methyl sites for hydroxylation is 2. The first-order chi connectivity index (χ1) is 12.4. The molecule has 0 saturated carbocycles. The minimum absolute atomic E-state index is 0.139. The Bertz CT molecular complexity index is 994. The van der Waals surface area contributed by atoms with Gasteiger partial charge in [-0.1, -0.05) is 6.92 Å². The van der Waals surface area contributed by atoms with E-state index in [4.69, 9.17) is 0 Å². The van der Waals surface area contributed by atoms with Gasteiger partial charge in [-0.05, 0) is 49.3 Å². The molecule has 1 atom stereocenters. The summed E-state index contributed by atoms with van der Waals surface area (Å²) in [5.74, 6) is -2.07. The largest absolute Gasteiger partial charge is 0.338 e. The summed E-state index contributed by atoms with van der Waals surface area (Å²) < 4.78 is 42.5. The Labute approximate surface area is 149 Å². The number of fused-ring (bicyclic) bond motifs is 3. The lowest BCUT2D eigenvalue weighted by atomic mass is 10.0. The van der Waals surface area contributed by atoms with E-state index in [2.05, 4.69) is 21.8 Å². The molecule has 1 N–H and O–H groups in total. The van der Waals surface area contributed by atoms with Gasteiger partial charge < -0.3 is 9.88 Å². The van der Waals surface area contributed by atoms with Crippen LogP contribution in [0.1, 0.15) is 31.0 Å². The number of anilines is 2. The van der Waals surface area contributed by atoms with Crippen molar-refractivity contribution >= 4 is 22.5 Å². The van der Waals surface area contributed by atoms with Gasteiger partial charge in [0.15, 0.2) is 11.6 Å². The van der Waals surface area contributed by atoms with E-state index >= 15 is 0 Å². The van der Waals surface area contributed by atoms with Gasteiger partial charge in [0.2, 0.25) is 0 Å². The fourth-order valence-corrected chi connectivity index (χ4v) is 3.77. The van der Waals surface area contributed by atoms with Gasteiger partial charge in [0.25, 0.3) is 0 Å². The van der Waals surface area contributed by atoms with Crippen molar-refractivity contribution in [1.29, 1.82) is 0 Å². The van der Waals surface area contributed by atoms with Crippen molar-refractivity contribution in [3.05, 3.63) is 53.0 Å². The second kappa shape index (κ2) is 6.34. The molecule has 0 radical (unpaired) electrons. The van der Waals surface area contributed by atoms with Gasteiger partial charge >= 0.3 is 0 Å². The molecule has 3 nitrogen and oxygen atoms in total. The molecule has 2 aromatic heterocycles. The Hall–Kier alpha value is -2.50. The van der Waals surface area contributed by atoms with Crippen molar-refractivity contribution in [3.8, 4) is 0 Å². The molecule has 1 aromatic carbocycles. The van der Waals surface area contributed by atoms with Gasteiger partial charge in [-0.25, -0.2) is 18.2 Å². The van der Waals surface area contributed by atoms with Gasteiger partial charge in [0.05, 0.1) is 5.69 Å². The first-order valence-electron chi connectivity index (χ1n) is 8.82. The molecule has 1 aliphatic rings. The standard InChI is InChI=1S/C20H20F3N3/c1-11-3-5-12-13-6-8-19(25-20(13)26(2)18(12)7-4-11)24-17-10-15(22)14(21)9-16(17)23/h6,8-11H,3-5,7H2,1-2H3,(H,24,25). The Morgan fingerprint density at radius 1 is 1.04 bits per heavy atom. The summed E-state index contributed by atoms with van der Waals surface area (Å²) in [6, 6.07) is 5.05. The minimum atomic E-state index is -1.21. The average molecular weight is 359 g/mol. The maximum absolute atomic E-state index is 13.9. The van der Waals surface area contributed by atoms with E-state index in [1.54, 1.807) is 6.07 Å². The number of pyridine rings is 1. The lowest BCUT2D eigenvalue weighted by Gasteiger charge is -2.09. The highest BCUT2D eigenvalue weighted by Crippen LogP contribution is 2.33. The molecule has 3 aromatic rings. The smallest absolute Gasteiger partial charge is 0.161 e. The maximum atomic E-state index is 13.9. The van der Waals surface area contributed by atoms with Crippen LogP contribution in [-0.4, -0.2) is 9.55 Å². The normalized spacial score (nSPS) is 17.2. The van der Waals surface area contributed by atoms with Crippen LogP contribution in [0, 0.1) is 23.4 Å². The number of hydrogen-bond donors (Lipinski definition) is 1. The first-order valence-corrected chi connectivity index (χ1v) is 8.82. The Morgan fingerprint density at radius 2 is 1.77 bits per heavy atom. The first kappa shape index (κ1) is 16.9. The lowest BCUT2D eigenvalue weighted by molar-refractivity contribution is 0.496. The molecule has 0 aliphatic heterocycles. The maximum Gasteiger partial charge on any atom is 0.161 e. The minimum Gasteiger partial charge on any atom is -0.338 e. The second-order valence-electron chi connectivity index (χ2n) is 7.11. The van der Waals surface area contributed by atoms with Crippen molar-refractivity contribution in [2.24, 2.45) is 13.0 Å². The van der Waals surface area contributed by atoms with Crippen LogP contribution < -0.4 is 5.32 Å². The predicted octanol–water partition coefficient (Wildman–Crippen LogP) is 5.25. The van der Waals surface area contributed by atoms with Gasteiger partial charge in [0, 0.05) is 30.3 Å². The van der Waals surface area contributed by atoms with Gasteiger partial charge in [-0.2, -0.15) is 0 Å². The Morgan fingerprint density at radius 3 is 2.58 bits per heavy atom. The number of hydrogen-bond acceptors (Lipinski definition) is 2. The topological polar surface area (TPSA) is 29.9 Å². The van der Waals surface area contributed by atoms with Crippen molar-refractivity contribution in [3.63, 3.8) is 0 Å². The molecule has 0 saturated heterocycles. The van der Waals surface area contributed by atoms with E-state index in [-0.39, 0.29) is 5.69 Å². The summed E-state index contributed by atoms with van der Waals surface area (Å²) in [4.78, 5) is 4.59. The van der Waals surface area contributed by atoms with E-state index < -0.39 is 17.5 Å². The van der Waals surface area contributed by atoms with Gasteiger partial charge in [-0.15, -0.1) is 0 Å².